The van der Waals surface area contributed by atoms with E-state index in [1.807, 2.05) is 6.92 Å². The number of benzene rings is 2. The number of halogens is 3. The van der Waals surface area contributed by atoms with E-state index in [-0.39, 0.29) is 6.54 Å². The number of H-pyrrole nitrogens is 1. The lowest BCUT2D eigenvalue weighted by Gasteiger charge is -2.08. The molecular formula is C21H15Cl2FN2O2S. The van der Waals surface area contributed by atoms with Crippen LogP contribution in [0.4, 0.5) is 4.39 Å². The van der Waals surface area contributed by atoms with Gasteiger partial charge in [0.2, 0.25) is 0 Å². The average Bonchev–Trinajstić information content (AvgIpc) is 3.06. The first-order valence-electron chi connectivity index (χ1n) is 8.87. The van der Waals surface area contributed by atoms with Crippen LogP contribution in [-0.2, 0) is 13.0 Å². The van der Waals surface area contributed by atoms with Crippen LogP contribution in [0.25, 0.3) is 21.3 Å². The predicted molar refractivity (Wildman–Crippen MR) is 117 cm³/mol. The highest BCUT2D eigenvalue weighted by Gasteiger charge is 2.20. The predicted octanol–water partition coefficient (Wildman–Crippen LogP) is 5.47. The summed E-state index contributed by atoms with van der Waals surface area (Å²) in [6, 6.07) is 11.0. The molecule has 0 aliphatic heterocycles. The fraction of sp³-hybridized carbons (Fsp3) is 0.143. The number of rotatable bonds is 4. The third kappa shape index (κ3) is 3.64. The SMILES string of the molecule is CCc1sc2[nH]c(=O)n(Cc3cccc(F)c3)c(=O)c2c1-c1ccc(Cl)c(Cl)c1. The molecule has 0 aliphatic rings. The standard InChI is InChI=1S/C21H15Cl2FN2O2S/c1-2-16-17(12-6-7-14(22)15(23)9-12)18-19(29-16)25-21(28)26(20(18)27)10-11-4-3-5-13(24)8-11/h3-9H,2,10H2,1H3,(H,25,28). The second kappa shape index (κ2) is 7.78. The van der Waals surface area contributed by atoms with Gasteiger partial charge in [-0.3, -0.25) is 14.3 Å². The van der Waals surface area contributed by atoms with Crippen molar-refractivity contribution in [3.63, 3.8) is 0 Å². The number of aromatic nitrogens is 2. The van der Waals surface area contributed by atoms with E-state index < -0.39 is 17.1 Å². The number of aryl methyl sites for hydroxylation is 1. The van der Waals surface area contributed by atoms with Crippen molar-refractivity contribution in [3.05, 3.63) is 89.6 Å². The van der Waals surface area contributed by atoms with Gasteiger partial charge in [-0.1, -0.05) is 48.3 Å². The normalized spacial score (nSPS) is 11.3. The van der Waals surface area contributed by atoms with E-state index >= 15 is 0 Å². The molecule has 4 nitrogen and oxygen atoms in total. The maximum absolute atomic E-state index is 13.5. The van der Waals surface area contributed by atoms with Crippen LogP contribution in [0.2, 0.25) is 10.0 Å². The average molecular weight is 449 g/mol. The summed E-state index contributed by atoms with van der Waals surface area (Å²) in [5.41, 5.74) is 1.06. The minimum Gasteiger partial charge on any atom is -0.298 e. The van der Waals surface area contributed by atoms with E-state index in [9.17, 15) is 14.0 Å². The van der Waals surface area contributed by atoms with E-state index in [2.05, 4.69) is 4.98 Å². The van der Waals surface area contributed by atoms with Crippen molar-refractivity contribution in [1.29, 1.82) is 0 Å². The lowest BCUT2D eigenvalue weighted by Crippen LogP contribution is -2.35. The number of nitrogens with one attached hydrogen (secondary N) is 1. The van der Waals surface area contributed by atoms with Crippen molar-refractivity contribution in [2.75, 3.05) is 0 Å². The summed E-state index contributed by atoms with van der Waals surface area (Å²) in [6.07, 6.45) is 0.681. The van der Waals surface area contributed by atoms with Crippen molar-refractivity contribution in [1.82, 2.24) is 9.55 Å². The summed E-state index contributed by atoms with van der Waals surface area (Å²) in [5, 5.41) is 1.22. The van der Waals surface area contributed by atoms with Gasteiger partial charge < -0.3 is 0 Å². The molecule has 4 rings (SSSR count). The molecule has 1 N–H and O–H groups in total. The number of fused-ring (bicyclic) bond motifs is 1. The van der Waals surface area contributed by atoms with Crippen molar-refractivity contribution in [3.8, 4) is 11.1 Å². The van der Waals surface area contributed by atoms with Gasteiger partial charge in [0.05, 0.1) is 22.0 Å². The van der Waals surface area contributed by atoms with E-state index in [1.165, 1.54) is 23.5 Å². The first-order valence-corrected chi connectivity index (χ1v) is 10.4. The van der Waals surface area contributed by atoms with Gasteiger partial charge in [-0.25, -0.2) is 9.18 Å². The van der Waals surface area contributed by atoms with Crippen LogP contribution in [0.5, 0.6) is 0 Å². The van der Waals surface area contributed by atoms with E-state index in [4.69, 9.17) is 23.2 Å². The zero-order valence-corrected chi connectivity index (χ0v) is 17.6. The third-order valence-corrected chi connectivity index (χ3v) is 6.65. The van der Waals surface area contributed by atoms with Gasteiger partial charge in [0, 0.05) is 10.4 Å². The molecule has 0 unspecified atom stereocenters. The summed E-state index contributed by atoms with van der Waals surface area (Å²) in [5.74, 6) is -0.423. The Morgan fingerprint density at radius 3 is 2.59 bits per heavy atom. The molecule has 148 valence electrons. The van der Waals surface area contributed by atoms with Crippen LogP contribution in [0, 0.1) is 5.82 Å². The monoisotopic (exact) mass is 448 g/mol. The van der Waals surface area contributed by atoms with Crippen LogP contribution in [-0.4, -0.2) is 9.55 Å². The lowest BCUT2D eigenvalue weighted by atomic mass is 10.0. The molecule has 0 atom stereocenters. The van der Waals surface area contributed by atoms with Gasteiger partial charge in [0.25, 0.3) is 5.56 Å². The van der Waals surface area contributed by atoms with Crippen LogP contribution in [0.3, 0.4) is 0 Å². The van der Waals surface area contributed by atoms with Gasteiger partial charge >= 0.3 is 5.69 Å². The quantitative estimate of drug-likeness (QED) is 0.449. The minimum atomic E-state index is -0.531. The lowest BCUT2D eigenvalue weighted by molar-refractivity contribution is 0.621. The molecule has 0 radical (unpaired) electrons. The summed E-state index contributed by atoms with van der Waals surface area (Å²) < 4.78 is 14.6. The fourth-order valence-corrected chi connectivity index (χ4v) is 4.77. The maximum atomic E-state index is 13.5. The van der Waals surface area contributed by atoms with E-state index in [1.54, 1.807) is 30.3 Å². The van der Waals surface area contributed by atoms with Gasteiger partial charge in [0.15, 0.2) is 0 Å². The summed E-state index contributed by atoms with van der Waals surface area (Å²) in [4.78, 5) is 30.1. The number of hydrogen-bond donors (Lipinski definition) is 1. The minimum absolute atomic E-state index is 0.0278. The number of hydrogen-bond acceptors (Lipinski definition) is 3. The van der Waals surface area contributed by atoms with E-state index in [0.29, 0.717) is 32.2 Å². The molecule has 0 saturated heterocycles. The highest BCUT2D eigenvalue weighted by Crippen LogP contribution is 2.38. The van der Waals surface area contributed by atoms with Crippen LogP contribution in [0.1, 0.15) is 17.4 Å². The molecule has 2 aromatic heterocycles. The van der Waals surface area contributed by atoms with Crippen molar-refractivity contribution in [2.45, 2.75) is 19.9 Å². The molecule has 0 aliphatic carbocycles. The Morgan fingerprint density at radius 1 is 1.10 bits per heavy atom. The Kier molecular flexibility index (Phi) is 5.34. The fourth-order valence-electron chi connectivity index (χ4n) is 3.33. The molecule has 0 spiro atoms. The van der Waals surface area contributed by atoms with Crippen molar-refractivity contribution in [2.24, 2.45) is 0 Å². The molecule has 4 aromatic rings. The summed E-state index contributed by atoms with van der Waals surface area (Å²) in [6.45, 7) is 1.95. The number of thiophene rings is 1. The Hall–Kier alpha value is -2.41. The van der Waals surface area contributed by atoms with Gasteiger partial charge in [0.1, 0.15) is 10.6 Å². The molecule has 0 amide bonds. The van der Waals surface area contributed by atoms with Crippen molar-refractivity contribution < 1.29 is 4.39 Å². The molecule has 0 saturated carbocycles. The molecular weight excluding hydrogens is 434 g/mol. The second-order valence-corrected chi connectivity index (χ2v) is 8.46. The highest BCUT2D eigenvalue weighted by atomic mass is 35.5. The van der Waals surface area contributed by atoms with Crippen LogP contribution >= 0.6 is 34.5 Å². The summed E-state index contributed by atoms with van der Waals surface area (Å²) in [7, 11) is 0. The Labute approximate surface area is 179 Å². The van der Waals surface area contributed by atoms with Gasteiger partial charge in [-0.15, -0.1) is 11.3 Å². The molecule has 29 heavy (non-hydrogen) atoms. The highest BCUT2D eigenvalue weighted by molar-refractivity contribution is 7.19. The maximum Gasteiger partial charge on any atom is 0.329 e. The second-order valence-electron chi connectivity index (χ2n) is 6.54. The Bertz CT molecular complexity index is 1360. The third-order valence-electron chi connectivity index (χ3n) is 4.66. The molecule has 0 bridgehead atoms. The van der Waals surface area contributed by atoms with Gasteiger partial charge in [-0.05, 0) is 41.8 Å². The van der Waals surface area contributed by atoms with Crippen LogP contribution in [0.15, 0.2) is 52.1 Å². The Morgan fingerprint density at radius 2 is 1.90 bits per heavy atom. The molecule has 8 heteroatoms. The molecule has 2 aromatic carbocycles. The topological polar surface area (TPSA) is 54.9 Å². The smallest absolute Gasteiger partial charge is 0.298 e. The zero-order valence-electron chi connectivity index (χ0n) is 15.3. The van der Waals surface area contributed by atoms with Gasteiger partial charge in [-0.2, -0.15) is 0 Å². The first kappa shape index (κ1) is 19.9. The van der Waals surface area contributed by atoms with E-state index in [0.717, 1.165) is 20.6 Å². The number of aromatic amines is 1. The zero-order chi connectivity index (χ0) is 20.7. The van der Waals surface area contributed by atoms with Crippen molar-refractivity contribution >= 4 is 44.8 Å². The molecule has 0 fully saturated rings. The largest absolute Gasteiger partial charge is 0.329 e. The first-order chi connectivity index (χ1) is 13.9. The van der Waals surface area contributed by atoms with Crippen LogP contribution < -0.4 is 11.2 Å². The Balaban J connectivity index is 1.98. The summed E-state index contributed by atoms with van der Waals surface area (Å²) >= 11 is 13.6. The molecule has 2 heterocycles. The number of nitrogens with zero attached hydrogens (tertiary/aromatic N) is 1.